The molecule has 2 aromatic rings. The molecule has 1 atom stereocenters. The second kappa shape index (κ2) is 7.92. The highest BCUT2D eigenvalue weighted by molar-refractivity contribution is 7.16. The van der Waals surface area contributed by atoms with Gasteiger partial charge < -0.3 is 15.4 Å². The Morgan fingerprint density at radius 1 is 1.30 bits per heavy atom. The fourth-order valence-electron chi connectivity index (χ4n) is 3.20. The summed E-state index contributed by atoms with van der Waals surface area (Å²) in [5.74, 6) is -0.972. The number of rotatable bonds is 5. The van der Waals surface area contributed by atoms with Crippen molar-refractivity contribution in [1.82, 2.24) is 0 Å². The monoisotopic (exact) mass is 386 g/mol. The first-order chi connectivity index (χ1) is 12.9. The first-order valence-corrected chi connectivity index (χ1v) is 9.59. The summed E-state index contributed by atoms with van der Waals surface area (Å²) < 4.78 is 4.82. The van der Waals surface area contributed by atoms with E-state index in [2.05, 4.69) is 10.6 Å². The van der Waals surface area contributed by atoms with Gasteiger partial charge in [0.1, 0.15) is 5.00 Å². The molecular weight excluding hydrogens is 364 g/mol. The smallest absolute Gasteiger partial charge is 0.341 e. The van der Waals surface area contributed by atoms with Crippen LogP contribution in [0.15, 0.2) is 24.3 Å². The molecule has 1 aromatic carbocycles. The highest BCUT2D eigenvalue weighted by Gasteiger charge is 2.27. The van der Waals surface area contributed by atoms with E-state index in [1.165, 1.54) is 18.4 Å². The Morgan fingerprint density at radius 3 is 2.78 bits per heavy atom. The number of ether oxygens (including phenoxy) is 1. The zero-order valence-corrected chi connectivity index (χ0v) is 16.4. The van der Waals surface area contributed by atoms with Crippen LogP contribution in [-0.2, 0) is 20.7 Å². The van der Waals surface area contributed by atoms with Gasteiger partial charge in [-0.1, -0.05) is 18.2 Å². The van der Waals surface area contributed by atoms with E-state index in [4.69, 9.17) is 4.74 Å². The number of thiophene rings is 1. The zero-order chi connectivity index (χ0) is 19.6. The molecule has 1 aromatic heterocycles. The van der Waals surface area contributed by atoms with Gasteiger partial charge in [-0.3, -0.25) is 9.59 Å². The number of hydrogen-bond donors (Lipinski definition) is 2. The maximum atomic E-state index is 12.4. The number of amides is 2. The Kier molecular flexibility index (Phi) is 5.60. The minimum atomic E-state index is -0.463. The number of nitrogens with one attached hydrogen (secondary N) is 2. The first kappa shape index (κ1) is 19.1. The molecule has 2 heterocycles. The lowest BCUT2D eigenvalue weighted by Crippen LogP contribution is -2.30. The predicted octanol–water partition coefficient (Wildman–Crippen LogP) is 3.68. The van der Waals surface area contributed by atoms with Crippen molar-refractivity contribution >= 4 is 39.8 Å². The van der Waals surface area contributed by atoms with E-state index >= 15 is 0 Å². The summed E-state index contributed by atoms with van der Waals surface area (Å²) in [6.45, 7) is 3.73. The highest BCUT2D eigenvalue weighted by Crippen LogP contribution is 2.33. The van der Waals surface area contributed by atoms with Crippen molar-refractivity contribution in [1.29, 1.82) is 0 Å². The minimum Gasteiger partial charge on any atom is -0.465 e. The molecule has 1 unspecified atom stereocenters. The predicted molar refractivity (Wildman–Crippen MR) is 105 cm³/mol. The fraction of sp³-hybridized carbons (Fsp3) is 0.350. The van der Waals surface area contributed by atoms with E-state index < -0.39 is 5.97 Å². The maximum absolute atomic E-state index is 12.4. The lowest BCUT2D eigenvalue weighted by atomic mass is 9.89. The van der Waals surface area contributed by atoms with Crippen molar-refractivity contribution in [3.63, 3.8) is 0 Å². The number of methoxy groups -OCH3 is 1. The van der Waals surface area contributed by atoms with E-state index in [9.17, 15) is 14.4 Å². The Morgan fingerprint density at radius 2 is 2.04 bits per heavy atom. The molecule has 2 N–H and O–H groups in total. The highest BCUT2D eigenvalue weighted by atomic mass is 32.1. The van der Waals surface area contributed by atoms with Gasteiger partial charge >= 0.3 is 5.97 Å². The van der Waals surface area contributed by atoms with Crippen LogP contribution in [0.3, 0.4) is 0 Å². The molecule has 3 rings (SSSR count). The molecule has 6 nitrogen and oxygen atoms in total. The van der Waals surface area contributed by atoms with Crippen LogP contribution in [0.2, 0.25) is 0 Å². The van der Waals surface area contributed by atoms with Crippen LogP contribution in [0.4, 0.5) is 10.7 Å². The lowest BCUT2D eigenvalue weighted by Gasteiger charge is -2.24. The molecule has 0 fully saturated rings. The number of carbonyl (C=O) groups excluding carboxylic acids is 3. The third-order valence-electron chi connectivity index (χ3n) is 4.86. The molecule has 142 valence electrons. The molecule has 0 saturated heterocycles. The molecule has 0 saturated carbocycles. The van der Waals surface area contributed by atoms with Gasteiger partial charge in [0.25, 0.3) is 0 Å². The van der Waals surface area contributed by atoms with Crippen molar-refractivity contribution < 1.29 is 19.1 Å². The lowest BCUT2D eigenvalue weighted by molar-refractivity contribution is -0.121. The number of benzene rings is 1. The van der Waals surface area contributed by atoms with Gasteiger partial charge in [0.05, 0.1) is 12.7 Å². The van der Waals surface area contributed by atoms with Gasteiger partial charge in [-0.2, -0.15) is 0 Å². The van der Waals surface area contributed by atoms with Crippen molar-refractivity contribution in [3.8, 4) is 0 Å². The number of aryl methyl sites for hydroxylation is 1. The Bertz CT molecular complexity index is 903. The average molecular weight is 386 g/mol. The number of para-hydroxylation sites is 1. The quantitative estimate of drug-likeness (QED) is 0.768. The summed E-state index contributed by atoms with van der Waals surface area (Å²) in [6, 6.07) is 7.69. The molecule has 27 heavy (non-hydrogen) atoms. The topological polar surface area (TPSA) is 84.5 Å². The van der Waals surface area contributed by atoms with E-state index in [-0.39, 0.29) is 24.2 Å². The summed E-state index contributed by atoms with van der Waals surface area (Å²) in [5.41, 5.74) is 3.14. The normalized spacial score (nSPS) is 15.7. The van der Waals surface area contributed by atoms with Crippen LogP contribution >= 0.6 is 11.3 Å². The summed E-state index contributed by atoms with van der Waals surface area (Å²) >= 11 is 1.35. The average Bonchev–Trinajstić information content (AvgIpc) is 2.92. The van der Waals surface area contributed by atoms with Crippen LogP contribution in [0.5, 0.6) is 0 Å². The summed E-state index contributed by atoms with van der Waals surface area (Å²) in [4.78, 5) is 37.6. The van der Waals surface area contributed by atoms with Crippen LogP contribution in [-0.4, -0.2) is 24.9 Å². The SMILES string of the molecule is COC(=O)c1c(NC(=O)CCC2Cc3ccccc3NC2=O)sc(C)c1C. The molecule has 1 aliphatic heterocycles. The fourth-order valence-corrected chi connectivity index (χ4v) is 4.27. The number of esters is 1. The molecule has 2 amide bonds. The van der Waals surface area contributed by atoms with Crippen LogP contribution in [0, 0.1) is 19.8 Å². The molecule has 1 aliphatic rings. The van der Waals surface area contributed by atoms with Crippen molar-refractivity contribution in [2.75, 3.05) is 17.7 Å². The number of hydrogen-bond acceptors (Lipinski definition) is 5. The van der Waals surface area contributed by atoms with E-state index in [0.29, 0.717) is 23.4 Å². The van der Waals surface area contributed by atoms with Crippen molar-refractivity contribution in [2.24, 2.45) is 5.92 Å². The maximum Gasteiger partial charge on any atom is 0.341 e. The van der Waals surface area contributed by atoms with Gasteiger partial charge in [0.15, 0.2) is 0 Å². The van der Waals surface area contributed by atoms with Crippen molar-refractivity contribution in [2.45, 2.75) is 33.1 Å². The molecule has 0 bridgehead atoms. The summed E-state index contributed by atoms with van der Waals surface area (Å²) in [6.07, 6.45) is 1.28. The van der Waals surface area contributed by atoms with Crippen LogP contribution < -0.4 is 10.6 Å². The second-order valence-electron chi connectivity index (χ2n) is 6.61. The number of fused-ring (bicyclic) bond motifs is 1. The standard InChI is InChI=1S/C20H22N2O4S/c1-11-12(2)27-19(17(11)20(25)26-3)22-16(23)9-8-14-10-13-6-4-5-7-15(13)21-18(14)24/h4-7,14H,8-10H2,1-3H3,(H,21,24)(H,22,23). The number of anilines is 2. The van der Waals surface area contributed by atoms with E-state index in [1.807, 2.05) is 38.1 Å². The van der Waals surface area contributed by atoms with E-state index in [0.717, 1.165) is 21.7 Å². The van der Waals surface area contributed by atoms with Gasteiger partial charge in [-0.25, -0.2) is 4.79 Å². The molecule has 0 aliphatic carbocycles. The first-order valence-electron chi connectivity index (χ1n) is 8.77. The van der Waals surface area contributed by atoms with Crippen molar-refractivity contribution in [3.05, 3.63) is 45.8 Å². The third-order valence-corrected chi connectivity index (χ3v) is 5.98. The Balaban J connectivity index is 1.63. The van der Waals surface area contributed by atoms with Gasteiger partial charge in [-0.05, 0) is 43.9 Å². The largest absolute Gasteiger partial charge is 0.465 e. The summed E-state index contributed by atoms with van der Waals surface area (Å²) in [7, 11) is 1.32. The van der Waals surface area contributed by atoms with Gasteiger partial charge in [-0.15, -0.1) is 11.3 Å². The Hall–Kier alpha value is -2.67. The molecule has 7 heteroatoms. The van der Waals surface area contributed by atoms with Crippen LogP contribution in [0.25, 0.3) is 0 Å². The number of carbonyl (C=O) groups is 3. The second-order valence-corrected chi connectivity index (χ2v) is 7.84. The third kappa shape index (κ3) is 4.03. The van der Waals surface area contributed by atoms with Gasteiger partial charge in [0, 0.05) is 22.9 Å². The van der Waals surface area contributed by atoms with Gasteiger partial charge in [0.2, 0.25) is 11.8 Å². The van der Waals surface area contributed by atoms with E-state index in [1.54, 1.807) is 0 Å². The molecule has 0 radical (unpaired) electrons. The molecular formula is C20H22N2O4S. The zero-order valence-electron chi connectivity index (χ0n) is 15.5. The molecule has 0 spiro atoms. The van der Waals surface area contributed by atoms with Crippen LogP contribution in [0.1, 0.15) is 39.2 Å². The summed E-state index contributed by atoms with van der Waals surface area (Å²) in [5, 5.41) is 6.20. The Labute approximate surface area is 161 Å². The minimum absolute atomic E-state index is 0.0560.